The highest BCUT2D eigenvalue weighted by molar-refractivity contribution is 5.80. The maximum absolute atomic E-state index is 14.7. The maximum atomic E-state index is 14.7. The van der Waals surface area contributed by atoms with Crippen molar-refractivity contribution in [3.8, 4) is 33.6 Å². The van der Waals surface area contributed by atoms with Crippen molar-refractivity contribution >= 4 is 6.09 Å². The number of amides is 1. The zero-order valence-corrected chi connectivity index (χ0v) is 28.0. The van der Waals surface area contributed by atoms with E-state index in [9.17, 15) is 22.4 Å². The lowest BCUT2D eigenvalue weighted by Gasteiger charge is -2.27. The van der Waals surface area contributed by atoms with Crippen molar-refractivity contribution < 1.29 is 27.1 Å². The first-order chi connectivity index (χ1) is 23.2. The number of fused-ring (bicyclic) bond motifs is 5. The molecule has 5 heterocycles. The van der Waals surface area contributed by atoms with Gasteiger partial charge in [0.25, 0.3) is 5.92 Å². The van der Waals surface area contributed by atoms with Crippen LogP contribution in [0.5, 0.6) is 0 Å². The Morgan fingerprint density at radius 1 is 0.796 bits per heavy atom. The molecule has 12 heteroatoms. The average Bonchev–Trinajstić information content (AvgIpc) is 3.89. The number of rotatable bonds is 5. The Morgan fingerprint density at radius 3 is 2.08 bits per heavy atom. The Morgan fingerprint density at radius 2 is 1.41 bits per heavy atom. The highest BCUT2D eigenvalue weighted by Crippen LogP contribution is 2.57. The first-order valence-corrected chi connectivity index (χ1v) is 17.0. The number of aromatic nitrogens is 4. The molecule has 0 spiro atoms. The molecule has 2 bridgehead atoms. The van der Waals surface area contributed by atoms with Crippen LogP contribution in [0.25, 0.3) is 33.6 Å². The van der Waals surface area contributed by atoms with Crippen molar-refractivity contribution in [3.05, 3.63) is 71.6 Å². The summed E-state index contributed by atoms with van der Waals surface area (Å²) in [5.41, 5.74) is 7.29. The van der Waals surface area contributed by atoms with Gasteiger partial charge in [0.2, 0.25) is 5.92 Å². The summed E-state index contributed by atoms with van der Waals surface area (Å²) in [5, 5.41) is 0. The molecule has 2 saturated heterocycles. The van der Waals surface area contributed by atoms with Crippen molar-refractivity contribution in [1.29, 1.82) is 0 Å². The molecule has 4 aromatic rings. The number of carbonyl (C=O) groups excluding carboxylic acids is 1. The molecule has 0 radical (unpaired) electrons. The van der Waals surface area contributed by atoms with Crippen molar-refractivity contribution in [2.75, 3.05) is 13.6 Å². The number of H-pyrrole nitrogens is 2. The van der Waals surface area contributed by atoms with E-state index >= 15 is 0 Å². The van der Waals surface area contributed by atoms with E-state index in [1.54, 1.807) is 33.2 Å². The lowest BCUT2D eigenvalue weighted by atomic mass is 9.82. The average molecular weight is 677 g/mol. The van der Waals surface area contributed by atoms with Gasteiger partial charge in [0, 0.05) is 42.8 Å². The third kappa shape index (κ3) is 5.71. The molecule has 2 aromatic carbocycles. The Bertz CT molecular complexity index is 1910. The Labute approximate surface area is 282 Å². The highest BCUT2D eigenvalue weighted by Gasteiger charge is 2.50. The Kier molecular flexibility index (Phi) is 7.30. The number of carbonyl (C=O) groups is 1. The number of ether oxygens (including phenoxy) is 1. The molecule has 8 rings (SSSR count). The number of nitrogens with one attached hydrogen (secondary N) is 2. The maximum Gasteiger partial charge on any atom is 0.411 e. The van der Waals surface area contributed by atoms with E-state index < -0.39 is 42.5 Å². The largest absolute Gasteiger partial charge is 0.444 e. The van der Waals surface area contributed by atoms with Gasteiger partial charge in [0.15, 0.2) is 0 Å². The summed E-state index contributed by atoms with van der Waals surface area (Å²) < 4.78 is 62.4. The fourth-order valence-corrected chi connectivity index (χ4v) is 8.40. The van der Waals surface area contributed by atoms with Crippen molar-refractivity contribution in [1.82, 2.24) is 29.7 Å². The third-order valence-corrected chi connectivity index (χ3v) is 10.6. The van der Waals surface area contributed by atoms with Crippen LogP contribution in [0.3, 0.4) is 0 Å². The second-order valence-electron chi connectivity index (χ2n) is 15.2. The first-order valence-electron chi connectivity index (χ1n) is 17.0. The predicted octanol–water partition coefficient (Wildman–Crippen LogP) is 9.18. The van der Waals surface area contributed by atoms with E-state index in [0.717, 1.165) is 51.4 Å². The number of aromatic amines is 2. The lowest BCUT2D eigenvalue weighted by molar-refractivity contribution is -0.00248. The minimum Gasteiger partial charge on any atom is -0.444 e. The van der Waals surface area contributed by atoms with Gasteiger partial charge in [0.1, 0.15) is 17.2 Å². The van der Waals surface area contributed by atoms with Crippen LogP contribution < -0.4 is 0 Å². The molecular formula is C37H40F4N6O2. The van der Waals surface area contributed by atoms with Crippen LogP contribution in [0.4, 0.5) is 22.4 Å². The normalized spacial score (nSPS) is 25.7. The molecule has 1 amide bonds. The van der Waals surface area contributed by atoms with E-state index in [-0.39, 0.29) is 30.8 Å². The van der Waals surface area contributed by atoms with E-state index in [1.165, 1.54) is 11.1 Å². The van der Waals surface area contributed by atoms with Gasteiger partial charge >= 0.3 is 6.09 Å². The van der Waals surface area contributed by atoms with Gasteiger partial charge in [-0.05, 0) is 74.9 Å². The number of likely N-dealkylation sites (tertiary alicyclic amines) is 1. The van der Waals surface area contributed by atoms with Crippen LogP contribution in [0.2, 0.25) is 0 Å². The van der Waals surface area contributed by atoms with E-state index in [1.807, 2.05) is 12.1 Å². The molecule has 2 N–H and O–H groups in total. The summed E-state index contributed by atoms with van der Waals surface area (Å²) in [6, 6.07) is 11.9. The monoisotopic (exact) mass is 676 g/mol. The molecule has 8 nitrogen and oxygen atoms in total. The number of alkyl halides is 4. The van der Waals surface area contributed by atoms with Crippen molar-refractivity contribution in [3.63, 3.8) is 0 Å². The summed E-state index contributed by atoms with van der Waals surface area (Å²) in [4.78, 5) is 32.0. The van der Waals surface area contributed by atoms with Crippen LogP contribution in [0, 0.1) is 0 Å². The van der Waals surface area contributed by atoms with Gasteiger partial charge in [-0.1, -0.05) is 36.4 Å². The highest BCUT2D eigenvalue weighted by atomic mass is 19.3. The van der Waals surface area contributed by atoms with Crippen LogP contribution in [0.1, 0.15) is 106 Å². The third-order valence-electron chi connectivity index (χ3n) is 10.6. The minimum atomic E-state index is -3.05. The molecule has 2 aromatic heterocycles. The summed E-state index contributed by atoms with van der Waals surface area (Å²) in [7, 11) is 2.15. The second-order valence-corrected chi connectivity index (χ2v) is 15.2. The van der Waals surface area contributed by atoms with Gasteiger partial charge < -0.3 is 14.7 Å². The molecule has 1 aliphatic carbocycles. The molecular weight excluding hydrogens is 636 g/mol. The summed E-state index contributed by atoms with van der Waals surface area (Å²) in [5.74, 6) is -5.01. The molecule has 1 saturated carbocycles. The van der Waals surface area contributed by atoms with Gasteiger partial charge in [0.05, 0.1) is 36.4 Å². The molecule has 2 unspecified atom stereocenters. The number of hydrogen-bond acceptors (Lipinski definition) is 5. The van der Waals surface area contributed by atoms with Crippen LogP contribution in [-0.2, 0) is 4.74 Å². The molecule has 4 aliphatic rings. The second kappa shape index (κ2) is 11.2. The quantitative estimate of drug-likeness (QED) is 0.206. The minimum absolute atomic E-state index is 0.101. The number of hydrogen-bond donors (Lipinski definition) is 2. The Hall–Kier alpha value is -4.19. The van der Waals surface area contributed by atoms with Gasteiger partial charge in [-0.2, -0.15) is 0 Å². The van der Waals surface area contributed by atoms with E-state index in [2.05, 4.69) is 56.1 Å². The summed E-state index contributed by atoms with van der Waals surface area (Å²) >= 11 is 0. The topological polar surface area (TPSA) is 90.1 Å². The molecule has 49 heavy (non-hydrogen) atoms. The first kappa shape index (κ1) is 32.0. The molecule has 4 atom stereocenters. The number of halogens is 4. The molecule has 3 aliphatic heterocycles. The van der Waals surface area contributed by atoms with Crippen LogP contribution in [-0.4, -0.2) is 66.9 Å². The van der Waals surface area contributed by atoms with Crippen molar-refractivity contribution in [2.45, 2.75) is 101 Å². The number of nitrogens with zero attached hydrogens (tertiary/aromatic N) is 4. The predicted molar refractivity (Wildman–Crippen MR) is 176 cm³/mol. The molecule has 258 valence electrons. The number of benzene rings is 2. The van der Waals surface area contributed by atoms with Gasteiger partial charge in [-0.25, -0.2) is 32.3 Å². The standard InChI is InChI=1S/C37H40F4N6O2/c1-35(2,3)49-34(48)47-19-37(40,41)16-29(47)33-43-18-26(45-33)24-10-9-23(30-27-11-12-28(31(24)30)46(27)4)20-5-7-21(8-6-20)25-17-42-32(44-25)22-13-14-36(38,39)15-22/h5-10,17-18,22,27-29H,11-16,19H2,1-4H3,(H,42,44)(H,43,45)/t22-,27?,28?,29-/m0/s1. The van der Waals surface area contributed by atoms with Crippen LogP contribution >= 0.6 is 0 Å². The van der Waals surface area contributed by atoms with E-state index in [4.69, 9.17) is 4.74 Å². The SMILES string of the molecule is CN1C2CCC1c1c(-c3cnc([C@@H]4CC(F)(F)CN4C(=O)OC(C)(C)C)[nH]3)ccc(-c3ccc(-c4cnc([C@H]5CCC(F)(F)C5)[nH]4)cc3)c12. The summed E-state index contributed by atoms with van der Waals surface area (Å²) in [6.45, 7) is 4.41. The lowest BCUT2D eigenvalue weighted by Crippen LogP contribution is -2.38. The fourth-order valence-electron chi connectivity index (χ4n) is 8.40. The fraction of sp³-hybridized carbons (Fsp3) is 0.486. The number of imidazole rings is 2. The zero-order valence-electron chi connectivity index (χ0n) is 28.0. The van der Waals surface area contributed by atoms with Gasteiger partial charge in [-0.15, -0.1) is 0 Å². The van der Waals surface area contributed by atoms with Crippen LogP contribution in [0.15, 0.2) is 48.8 Å². The zero-order chi connectivity index (χ0) is 34.5. The smallest absolute Gasteiger partial charge is 0.411 e. The molecule has 3 fully saturated rings. The van der Waals surface area contributed by atoms with Crippen molar-refractivity contribution in [2.24, 2.45) is 0 Å². The van der Waals surface area contributed by atoms with E-state index in [0.29, 0.717) is 18.1 Å². The Balaban J connectivity index is 1.09. The summed E-state index contributed by atoms with van der Waals surface area (Å²) in [6.07, 6.45) is 4.30. The van der Waals surface area contributed by atoms with Gasteiger partial charge in [-0.3, -0.25) is 9.80 Å².